The minimum Gasteiger partial charge on any atom is -0.464 e. The van der Waals surface area contributed by atoms with Gasteiger partial charge in [-0.25, -0.2) is 4.79 Å². The van der Waals surface area contributed by atoms with E-state index in [1.54, 1.807) is 31.2 Å². The van der Waals surface area contributed by atoms with Crippen LogP contribution in [-0.2, 0) is 9.53 Å². The molecule has 0 saturated heterocycles. The van der Waals surface area contributed by atoms with Crippen molar-refractivity contribution in [2.75, 3.05) is 6.61 Å². The van der Waals surface area contributed by atoms with Crippen molar-refractivity contribution in [3.05, 3.63) is 35.9 Å². The first-order valence-corrected chi connectivity index (χ1v) is 8.05. The molecule has 1 aromatic carbocycles. The van der Waals surface area contributed by atoms with Crippen LogP contribution in [-0.4, -0.2) is 29.1 Å². The maximum Gasteiger partial charge on any atom is 0.338 e. The molecule has 1 fully saturated rings. The summed E-state index contributed by atoms with van der Waals surface area (Å²) in [6.45, 7) is 1.91. The highest BCUT2D eigenvalue weighted by molar-refractivity contribution is 5.99. The number of ether oxygens (including phenoxy) is 1. The van der Waals surface area contributed by atoms with Crippen LogP contribution in [0.4, 0.5) is 0 Å². The van der Waals surface area contributed by atoms with Crippen LogP contribution >= 0.6 is 0 Å². The third-order valence-electron chi connectivity index (χ3n) is 4.44. The molecule has 0 unspecified atom stereocenters. The Labute approximate surface area is 131 Å². The minimum absolute atomic E-state index is 0.201. The molecule has 1 atom stereocenters. The van der Waals surface area contributed by atoms with Crippen LogP contribution in [0.15, 0.2) is 30.3 Å². The van der Waals surface area contributed by atoms with E-state index in [1.165, 1.54) is 0 Å². The largest absolute Gasteiger partial charge is 0.464 e. The molecule has 4 heteroatoms. The third-order valence-corrected chi connectivity index (χ3v) is 4.44. The van der Waals surface area contributed by atoms with E-state index in [4.69, 9.17) is 4.74 Å². The van der Waals surface area contributed by atoms with Crippen molar-refractivity contribution in [1.29, 1.82) is 0 Å². The van der Waals surface area contributed by atoms with Gasteiger partial charge in [0.25, 0.3) is 0 Å². The molecule has 1 aromatic rings. The van der Waals surface area contributed by atoms with Gasteiger partial charge >= 0.3 is 5.97 Å². The number of hydrogen-bond donors (Lipinski definition) is 1. The molecule has 22 heavy (non-hydrogen) atoms. The summed E-state index contributed by atoms with van der Waals surface area (Å²) < 4.78 is 5.06. The smallest absolute Gasteiger partial charge is 0.338 e. The van der Waals surface area contributed by atoms with E-state index >= 15 is 0 Å². The van der Waals surface area contributed by atoms with Crippen LogP contribution in [0.1, 0.15) is 55.8 Å². The Kier molecular flexibility index (Phi) is 5.72. The molecule has 0 heterocycles. The summed E-state index contributed by atoms with van der Waals surface area (Å²) in [5.74, 6) is -1.08. The van der Waals surface area contributed by atoms with Crippen molar-refractivity contribution in [2.24, 2.45) is 5.92 Å². The second-order valence-electron chi connectivity index (χ2n) is 5.95. The number of esters is 1. The number of Topliss-reactive ketones (excluding diaryl/α,β-unsaturated/α-hetero) is 1. The molecule has 0 aliphatic heterocycles. The van der Waals surface area contributed by atoms with Crippen LogP contribution in [0.5, 0.6) is 0 Å². The zero-order valence-corrected chi connectivity index (χ0v) is 13.1. The lowest BCUT2D eigenvalue weighted by molar-refractivity contribution is -0.172. The Morgan fingerprint density at radius 3 is 2.41 bits per heavy atom. The number of carbonyl (C=O) groups excluding carboxylic acids is 2. The SMILES string of the molecule is CCOC(=O)[C@](O)(CC(=O)c1ccccc1)C1CCCCC1. The summed E-state index contributed by atoms with van der Waals surface area (Å²) in [6, 6.07) is 8.79. The zero-order valence-electron chi connectivity index (χ0n) is 13.1. The fourth-order valence-corrected chi connectivity index (χ4v) is 3.19. The summed E-state index contributed by atoms with van der Waals surface area (Å²) in [5.41, 5.74) is -1.19. The molecule has 2 rings (SSSR count). The average Bonchev–Trinajstić information content (AvgIpc) is 2.56. The monoisotopic (exact) mass is 304 g/mol. The Hall–Kier alpha value is -1.68. The Bertz CT molecular complexity index is 505. The van der Waals surface area contributed by atoms with Gasteiger partial charge in [-0.15, -0.1) is 0 Å². The van der Waals surface area contributed by atoms with Crippen LogP contribution in [0.25, 0.3) is 0 Å². The Balaban J connectivity index is 2.20. The molecular formula is C18H24O4. The molecule has 0 bridgehead atoms. The van der Waals surface area contributed by atoms with Gasteiger partial charge in [0.05, 0.1) is 13.0 Å². The van der Waals surface area contributed by atoms with Gasteiger partial charge in [0.1, 0.15) is 0 Å². The number of benzene rings is 1. The lowest BCUT2D eigenvalue weighted by Gasteiger charge is -2.35. The standard InChI is InChI=1S/C18H24O4/c1-2-22-17(20)18(21,15-11-7-4-8-12-15)13-16(19)14-9-5-3-6-10-14/h3,5-6,9-10,15,21H,2,4,7-8,11-13H2,1H3/t18-/m0/s1. The van der Waals surface area contributed by atoms with Gasteiger partial charge in [-0.05, 0) is 25.7 Å². The molecule has 0 spiro atoms. The maximum atomic E-state index is 12.4. The van der Waals surface area contributed by atoms with E-state index in [0.717, 1.165) is 32.1 Å². The van der Waals surface area contributed by atoms with E-state index in [0.29, 0.717) is 5.56 Å². The van der Waals surface area contributed by atoms with Gasteiger partial charge in [-0.3, -0.25) is 4.79 Å². The number of hydrogen-bond acceptors (Lipinski definition) is 4. The summed E-state index contributed by atoms with van der Waals surface area (Å²) in [5, 5.41) is 11.0. The molecular weight excluding hydrogens is 280 g/mol. The van der Waals surface area contributed by atoms with Crippen molar-refractivity contribution in [3.8, 4) is 0 Å². The molecule has 4 nitrogen and oxygen atoms in total. The van der Waals surface area contributed by atoms with Crippen molar-refractivity contribution in [3.63, 3.8) is 0 Å². The molecule has 0 amide bonds. The van der Waals surface area contributed by atoms with E-state index < -0.39 is 11.6 Å². The second kappa shape index (κ2) is 7.54. The molecule has 1 N–H and O–H groups in total. The zero-order chi connectivity index (χ0) is 16.0. The van der Waals surface area contributed by atoms with Crippen LogP contribution in [0.2, 0.25) is 0 Å². The summed E-state index contributed by atoms with van der Waals surface area (Å²) in [7, 11) is 0. The van der Waals surface area contributed by atoms with Crippen LogP contribution < -0.4 is 0 Å². The van der Waals surface area contributed by atoms with Gasteiger partial charge < -0.3 is 9.84 Å². The molecule has 1 saturated carbocycles. The maximum absolute atomic E-state index is 12.4. The van der Waals surface area contributed by atoms with Crippen molar-refractivity contribution in [1.82, 2.24) is 0 Å². The quantitative estimate of drug-likeness (QED) is 0.648. The number of rotatable bonds is 6. The highest BCUT2D eigenvalue weighted by atomic mass is 16.5. The first-order valence-electron chi connectivity index (χ1n) is 8.05. The average molecular weight is 304 g/mol. The Morgan fingerprint density at radius 1 is 1.18 bits per heavy atom. The van der Waals surface area contributed by atoms with E-state index in [9.17, 15) is 14.7 Å². The van der Waals surface area contributed by atoms with Crippen molar-refractivity contribution in [2.45, 2.75) is 51.0 Å². The van der Waals surface area contributed by atoms with Crippen LogP contribution in [0.3, 0.4) is 0 Å². The fraction of sp³-hybridized carbons (Fsp3) is 0.556. The molecule has 120 valence electrons. The topological polar surface area (TPSA) is 63.6 Å². The second-order valence-corrected chi connectivity index (χ2v) is 5.95. The number of aliphatic hydroxyl groups is 1. The predicted octanol–water partition coefficient (Wildman–Crippen LogP) is 3.13. The highest BCUT2D eigenvalue weighted by Gasteiger charge is 2.47. The minimum atomic E-state index is -1.71. The lowest BCUT2D eigenvalue weighted by Crippen LogP contribution is -2.49. The van der Waals surface area contributed by atoms with Gasteiger partial charge in [-0.2, -0.15) is 0 Å². The van der Waals surface area contributed by atoms with Crippen molar-refractivity contribution >= 4 is 11.8 Å². The fourth-order valence-electron chi connectivity index (χ4n) is 3.19. The van der Waals surface area contributed by atoms with E-state index in [-0.39, 0.29) is 24.7 Å². The number of ketones is 1. The highest BCUT2D eigenvalue weighted by Crippen LogP contribution is 2.36. The number of carbonyl (C=O) groups is 2. The molecule has 0 aromatic heterocycles. The van der Waals surface area contributed by atoms with Gasteiger partial charge in [-0.1, -0.05) is 49.6 Å². The first-order chi connectivity index (χ1) is 10.6. The predicted molar refractivity (Wildman–Crippen MR) is 83.5 cm³/mol. The van der Waals surface area contributed by atoms with E-state index in [2.05, 4.69) is 0 Å². The molecule has 1 aliphatic carbocycles. The third kappa shape index (κ3) is 3.74. The summed E-state index contributed by atoms with van der Waals surface area (Å²) in [4.78, 5) is 24.8. The summed E-state index contributed by atoms with van der Waals surface area (Å²) in [6.07, 6.45) is 4.38. The molecule has 1 aliphatic rings. The summed E-state index contributed by atoms with van der Waals surface area (Å²) >= 11 is 0. The van der Waals surface area contributed by atoms with Crippen molar-refractivity contribution < 1.29 is 19.4 Å². The first kappa shape index (κ1) is 16.7. The molecule has 0 radical (unpaired) electrons. The normalized spacial score (nSPS) is 18.5. The van der Waals surface area contributed by atoms with E-state index in [1.807, 2.05) is 6.07 Å². The van der Waals surface area contributed by atoms with Gasteiger partial charge in [0.2, 0.25) is 0 Å². The van der Waals surface area contributed by atoms with Gasteiger partial charge in [0, 0.05) is 5.56 Å². The van der Waals surface area contributed by atoms with Crippen LogP contribution in [0, 0.1) is 5.92 Å². The lowest BCUT2D eigenvalue weighted by atomic mass is 9.74. The Morgan fingerprint density at radius 2 is 1.82 bits per heavy atom. The van der Waals surface area contributed by atoms with Gasteiger partial charge in [0.15, 0.2) is 11.4 Å².